The fraction of sp³-hybridized carbons (Fsp3) is 0.179. The monoisotopic (exact) mass is 633 g/mol. The number of ketones is 1. The standard InChI is InChI=1S/C28H25Cl2N3O8S/c1-16-26(27(35)33(32(16)2)17-8-6-5-7-9-17)31-42(37,38)25-13-19(21(29)14-22(25)30)28(36)41-15-23(34)20-12-18(39-3)10-11-24(20)40-4/h5-14,31H,15H2,1-4H3. The van der Waals surface area contributed by atoms with E-state index < -0.39 is 38.8 Å². The summed E-state index contributed by atoms with van der Waals surface area (Å²) in [7, 11) is -0.102. The third-order valence-electron chi connectivity index (χ3n) is 6.36. The Morgan fingerprint density at radius 1 is 0.929 bits per heavy atom. The van der Waals surface area contributed by atoms with E-state index in [2.05, 4.69) is 4.72 Å². The zero-order valence-corrected chi connectivity index (χ0v) is 25.1. The van der Waals surface area contributed by atoms with Gasteiger partial charge in [-0.15, -0.1) is 0 Å². The molecule has 1 aromatic heterocycles. The SMILES string of the molecule is COc1ccc(OC)c(C(=O)COC(=O)c2cc(S(=O)(=O)Nc3c(C)n(C)n(-c4ccccc4)c3=O)c(Cl)cc2Cl)c1. The molecule has 3 aromatic carbocycles. The lowest BCUT2D eigenvalue weighted by Crippen LogP contribution is -2.23. The number of aromatic nitrogens is 2. The molecule has 1 heterocycles. The molecule has 0 aliphatic heterocycles. The highest BCUT2D eigenvalue weighted by Crippen LogP contribution is 2.31. The van der Waals surface area contributed by atoms with Crippen molar-refractivity contribution in [2.75, 3.05) is 25.5 Å². The Balaban J connectivity index is 1.62. The first-order chi connectivity index (χ1) is 19.9. The minimum atomic E-state index is -4.51. The average Bonchev–Trinajstić information content (AvgIpc) is 3.17. The molecule has 0 atom stereocenters. The number of carbonyl (C=O) groups excluding carboxylic acids is 2. The number of sulfonamides is 1. The average molecular weight is 634 g/mol. The van der Waals surface area contributed by atoms with E-state index in [0.717, 1.165) is 12.1 Å². The first kappa shape index (κ1) is 30.7. The minimum absolute atomic E-state index is 0.110. The lowest BCUT2D eigenvalue weighted by molar-refractivity contribution is 0.0474. The number of rotatable bonds is 10. The zero-order valence-electron chi connectivity index (χ0n) is 22.8. The van der Waals surface area contributed by atoms with Crippen molar-refractivity contribution in [3.8, 4) is 17.2 Å². The molecule has 11 nitrogen and oxygen atoms in total. The van der Waals surface area contributed by atoms with Crippen molar-refractivity contribution < 1.29 is 32.2 Å². The quantitative estimate of drug-likeness (QED) is 0.197. The Bertz CT molecular complexity index is 1850. The van der Waals surface area contributed by atoms with Crippen LogP contribution in [0.25, 0.3) is 5.69 Å². The predicted molar refractivity (Wildman–Crippen MR) is 157 cm³/mol. The van der Waals surface area contributed by atoms with Crippen molar-refractivity contribution in [2.24, 2.45) is 7.05 Å². The van der Waals surface area contributed by atoms with E-state index >= 15 is 0 Å². The van der Waals surface area contributed by atoms with E-state index in [1.807, 2.05) is 0 Å². The second-order valence-corrected chi connectivity index (χ2v) is 11.3. The summed E-state index contributed by atoms with van der Waals surface area (Å²) in [6.07, 6.45) is 0. The van der Waals surface area contributed by atoms with Crippen LogP contribution in [0.5, 0.6) is 11.5 Å². The van der Waals surface area contributed by atoms with E-state index in [1.165, 1.54) is 35.7 Å². The summed E-state index contributed by atoms with van der Waals surface area (Å²) >= 11 is 12.4. The van der Waals surface area contributed by atoms with Crippen molar-refractivity contribution in [1.82, 2.24) is 9.36 Å². The molecule has 0 amide bonds. The molecule has 0 bridgehead atoms. The van der Waals surface area contributed by atoms with Crippen LogP contribution in [0.1, 0.15) is 26.4 Å². The van der Waals surface area contributed by atoms with Crippen molar-refractivity contribution >= 4 is 50.7 Å². The van der Waals surface area contributed by atoms with Gasteiger partial charge in [-0.25, -0.2) is 17.9 Å². The van der Waals surface area contributed by atoms with Gasteiger partial charge in [0.2, 0.25) is 5.78 Å². The van der Waals surface area contributed by atoms with Gasteiger partial charge in [0.15, 0.2) is 6.61 Å². The number of Topliss-reactive ketones (excluding diaryl/α,β-unsaturated/α-hetero) is 1. The maximum Gasteiger partial charge on any atom is 0.340 e. The van der Waals surface area contributed by atoms with Gasteiger partial charge in [0.1, 0.15) is 22.1 Å². The number of anilines is 1. The van der Waals surface area contributed by atoms with E-state index in [9.17, 15) is 22.8 Å². The Morgan fingerprint density at radius 2 is 1.62 bits per heavy atom. The summed E-state index contributed by atoms with van der Waals surface area (Å²) < 4.78 is 47.4. The smallest absolute Gasteiger partial charge is 0.340 e. The molecule has 0 aliphatic rings. The first-order valence-corrected chi connectivity index (χ1v) is 14.4. The molecule has 14 heteroatoms. The van der Waals surface area contributed by atoms with Crippen molar-refractivity contribution in [3.05, 3.63) is 97.9 Å². The molecular weight excluding hydrogens is 609 g/mol. The molecule has 0 unspecified atom stereocenters. The molecule has 0 radical (unpaired) electrons. The third kappa shape index (κ3) is 6.01. The minimum Gasteiger partial charge on any atom is -0.497 e. The van der Waals surface area contributed by atoms with Gasteiger partial charge < -0.3 is 14.2 Å². The topological polar surface area (TPSA) is 135 Å². The highest BCUT2D eigenvalue weighted by atomic mass is 35.5. The van der Waals surface area contributed by atoms with Crippen LogP contribution < -0.4 is 19.8 Å². The Labute approximate surface area is 251 Å². The van der Waals surface area contributed by atoms with Crippen LogP contribution in [-0.2, 0) is 21.8 Å². The maximum atomic E-state index is 13.4. The van der Waals surface area contributed by atoms with E-state index in [-0.39, 0.29) is 32.6 Å². The van der Waals surface area contributed by atoms with Crippen LogP contribution in [0, 0.1) is 6.92 Å². The van der Waals surface area contributed by atoms with Crippen LogP contribution in [0.3, 0.4) is 0 Å². The molecule has 0 fully saturated rings. The number of benzene rings is 3. The normalized spacial score (nSPS) is 11.2. The lowest BCUT2D eigenvalue weighted by atomic mass is 10.1. The van der Waals surface area contributed by atoms with Crippen LogP contribution in [0.4, 0.5) is 5.69 Å². The number of nitrogens with one attached hydrogen (secondary N) is 1. The molecule has 4 rings (SSSR count). The fourth-order valence-electron chi connectivity index (χ4n) is 4.09. The van der Waals surface area contributed by atoms with Crippen LogP contribution in [0.15, 0.2) is 70.4 Å². The number of carbonyl (C=O) groups is 2. The summed E-state index contributed by atoms with van der Waals surface area (Å²) in [6, 6.07) is 15.2. The van der Waals surface area contributed by atoms with Gasteiger partial charge in [-0.2, -0.15) is 0 Å². The van der Waals surface area contributed by atoms with Crippen LogP contribution in [-0.4, -0.2) is 50.4 Å². The van der Waals surface area contributed by atoms with E-state index in [4.69, 9.17) is 37.4 Å². The van der Waals surface area contributed by atoms with Crippen molar-refractivity contribution in [3.63, 3.8) is 0 Å². The molecule has 0 spiro atoms. The summed E-state index contributed by atoms with van der Waals surface area (Å²) in [4.78, 5) is 38.4. The van der Waals surface area contributed by atoms with Gasteiger partial charge in [-0.05, 0) is 49.4 Å². The van der Waals surface area contributed by atoms with Gasteiger partial charge in [-0.3, -0.25) is 19.0 Å². The number of para-hydroxylation sites is 1. The molecule has 220 valence electrons. The molecular formula is C28H25Cl2N3O8S. The highest BCUT2D eigenvalue weighted by molar-refractivity contribution is 7.92. The Kier molecular flexibility index (Phi) is 9.00. The van der Waals surface area contributed by atoms with Gasteiger partial charge >= 0.3 is 5.97 Å². The van der Waals surface area contributed by atoms with E-state index in [1.54, 1.807) is 50.4 Å². The number of esters is 1. The first-order valence-electron chi connectivity index (χ1n) is 12.2. The lowest BCUT2D eigenvalue weighted by Gasteiger charge is -2.12. The second kappa shape index (κ2) is 12.3. The highest BCUT2D eigenvalue weighted by Gasteiger charge is 2.27. The number of halogens is 2. The fourth-order valence-corrected chi connectivity index (χ4v) is 6.05. The molecule has 0 saturated carbocycles. The summed E-state index contributed by atoms with van der Waals surface area (Å²) in [5, 5.41) is -0.518. The summed E-state index contributed by atoms with van der Waals surface area (Å²) in [6.45, 7) is 0.864. The predicted octanol–water partition coefficient (Wildman–Crippen LogP) is 4.65. The van der Waals surface area contributed by atoms with Gasteiger partial charge in [0.25, 0.3) is 15.6 Å². The van der Waals surface area contributed by atoms with Gasteiger partial charge in [-0.1, -0.05) is 41.4 Å². The number of nitrogens with zero attached hydrogens (tertiary/aromatic N) is 2. The number of ether oxygens (including phenoxy) is 3. The van der Waals surface area contributed by atoms with Crippen molar-refractivity contribution in [2.45, 2.75) is 11.8 Å². The van der Waals surface area contributed by atoms with E-state index in [0.29, 0.717) is 17.1 Å². The molecule has 42 heavy (non-hydrogen) atoms. The van der Waals surface area contributed by atoms with Crippen LogP contribution in [0.2, 0.25) is 10.0 Å². The summed E-state index contributed by atoms with van der Waals surface area (Å²) in [5.74, 6) is -1.06. The number of hydrogen-bond acceptors (Lipinski definition) is 8. The largest absolute Gasteiger partial charge is 0.497 e. The zero-order chi connectivity index (χ0) is 30.8. The maximum absolute atomic E-state index is 13.4. The van der Waals surface area contributed by atoms with Crippen molar-refractivity contribution in [1.29, 1.82) is 0 Å². The molecule has 4 aromatic rings. The molecule has 0 saturated heterocycles. The Hall–Kier alpha value is -4.26. The second-order valence-electron chi connectivity index (χ2n) is 8.87. The van der Waals surface area contributed by atoms with Crippen LogP contribution >= 0.6 is 23.2 Å². The Morgan fingerprint density at radius 3 is 2.26 bits per heavy atom. The number of methoxy groups -OCH3 is 2. The molecule has 0 aliphatic carbocycles. The summed E-state index contributed by atoms with van der Waals surface area (Å²) in [5.41, 5.74) is -0.245. The third-order valence-corrected chi connectivity index (χ3v) is 8.49. The number of hydrogen-bond donors (Lipinski definition) is 1. The van der Waals surface area contributed by atoms with Gasteiger partial charge in [0.05, 0.1) is 46.8 Å². The van der Waals surface area contributed by atoms with Gasteiger partial charge in [0, 0.05) is 7.05 Å². The molecule has 1 N–H and O–H groups in total.